The molecule has 190 valence electrons. The molecule has 0 radical (unpaired) electrons. The Morgan fingerprint density at radius 2 is 1.50 bits per heavy atom. The Hall–Kier alpha value is -2.12. The van der Waals surface area contributed by atoms with Gasteiger partial charge in [-0.2, -0.15) is 0 Å². The second-order valence-corrected chi connectivity index (χ2v) is 12.7. The molecule has 0 aliphatic heterocycles. The number of nitrogens with one attached hydrogen (secondary N) is 1. The molecule has 0 spiro atoms. The Balaban J connectivity index is 2.03. The summed E-state index contributed by atoms with van der Waals surface area (Å²) in [6.07, 6.45) is -2.66. The number of benzene rings is 1. The van der Waals surface area contributed by atoms with Crippen molar-refractivity contribution < 1.29 is 28.9 Å². The number of amides is 1. The van der Waals surface area contributed by atoms with Crippen molar-refractivity contribution in [2.24, 2.45) is 23.2 Å². The van der Waals surface area contributed by atoms with Crippen LogP contribution in [0.25, 0.3) is 0 Å². The molecule has 1 aromatic carbocycles. The van der Waals surface area contributed by atoms with E-state index in [1.807, 2.05) is 30.3 Å². The molecule has 7 heteroatoms. The van der Waals surface area contributed by atoms with Gasteiger partial charge in [-0.15, -0.1) is 0 Å². The Kier molecular flexibility index (Phi) is 6.88. The van der Waals surface area contributed by atoms with E-state index in [2.05, 4.69) is 26.1 Å². The van der Waals surface area contributed by atoms with Gasteiger partial charge in [-0.05, 0) is 64.4 Å². The third-order valence-corrected chi connectivity index (χ3v) is 6.47. The van der Waals surface area contributed by atoms with Crippen molar-refractivity contribution in [3.05, 3.63) is 35.9 Å². The van der Waals surface area contributed by atoms with E-state index in [0.717, 1.165) is 5.56 Å². The van der Waals surface area contributed by atoms with Gasteiger partial charge >= 0.3 is 12.1 Å². The minimum Gasteiger partial charge on any atom is -0.458 e. The molecule has 2 fully saturated rings. The van der Waals surface area contributed by atoms with E-state index in [9.17, 15) is 14.7 Å². The molecule has 0 heterocycles. The van der Waals surface area contributed by atoms with Crippen molar-refractivity contribution in [1.29, 1.82) is 0 Å². The van der Waals surface area contributed by atoms with E-state index in [-0.39, 0.29) is 29.8 Å². The van der Waals surface area contributed by atoms with Gasteiger partial charge in [-0.25, -0.2) is 9.59 Å². The lowest BCUT2D eigenvalue weighted by molar-refractivity contribution is -0.177. The fourth-order valence-corrected chi connectivity index (χ4v) is 5.41. The summed E-state index contributed by atoms with van der Waals surface area (Å²) in [6, 6.07) is 9.53. The Morgan fingerprint density at radius 1 is 0.941 bits per heavy atom. The molecular formula is C27H41NO6. The first kappa shape index (κ1) is 26.5. The van der Waals surface area contributed by atoms with Crippen LogP contribution in [-0.2, 0) is 25.6 Å². The summed E-state index contributed by atoms with van der Waals surface area (Å²) in [5.74, 6) is -1.15. The van der Waals surface area contributed by atoms with E-state index in [0.29, 0.717) is 0 Å². The molecule has 2 aliphatic rings. The highest BCUT2D eigenvalue weighted by molar-refractivity contribution is 5.89. The van der Waals surface area contributed by atoms with E-state index < -0.39 is 41.0 Å². The van der Waals surface area contributed by atoms with Crippen molar-refractivity contribution in [2.75, 3.05) is 0 Å². The largest absolute Gasteiger partial charge is 0.458 e. The average molecular weight is 476 g/mol. The smallest absolute Gasteiger partial charge is 0.408 e. The number of carbonyl (C=O) groups excluding carboxylic acids is 2. The zero-order valence-electron chi connectivity index (χ0n) is 22.0. The minimum absolute atomic E-state index is 0.00142. The van der Waals surface area contributed by atoms with Crippen LogP contribution in [0, 0.1) is 23.2 Å². The Labute approximate surface area is 203 Å². The van der Waals surface area contributed by atoms with Crippen LogP contribution in [0.4, 0.5) is 4.79 Å². The predicted molar refractivity (Wildman–Crippen MR) is 129 cm³/mol. The molecule has 34 heavy (non-hydrogen) atoms. The normalized spacial score (nSPS) is 30.9. The van der Waals surface area contributed by atoms with Crippen molar-refractivity contribution in [2.45, 2.75) is 97.9 Å². The lowest BCUT2D eigenvalue weighted by Gasteiger charge is -2.41. The fraction of sp³-hybridized carbons (Fsp3) is 0.704. The quantitative estimate of drug-likeness (QED) is 0.611. The number of carbonyl (C=O) groups is 2. The van der Waals surface area contributed by atoms with Crippen LogP contribution in [0.5, 0.6) is 0 Å². The second-order valence-electron chi connectivity index (χ2n) is 12.7. The number of aliphatic hydroxyl groups excluding tert-OH is 1. The molecule has 1 aromatic rings. The molecule has 0 bridgehead atoms. The molecule has 6 atom stereocenters. The van der Waals surface area contributed by atoms with Gasteiger partial charge < -0.3 is 24.6 Å². The summed E-state index contributed by atoms with van der Waals surface area (Å²) in [6.45, 7) is 17.0. The number of fused-ring (bicyclic) bond motifs is 1. The van der Waals surface area contributed by atoms with E-state index in [4.69, 9.17) is 14.2 Å². The molecule has 1 amide bonds. The van der Waals surface area contributed by atoms with E-state index >= 15 is 0 Å². The number of hydrogen-bond donors (Lipinski definition) is 2. The van der Waals surface area contributed by atoms with Gasteiger partial charge in [0.1, 0.15) is 17.3 Å². The highest BCUT2D eigenvalue weighted by Crippen LogP contribution is 2.68. The molecule has 0 aromatic heterocycles. The molecule has 7 nitrogen and oxygen atoms in total. The number of esters is 1. The third-order valence-electron chi connectivity index (χ3n) is 6.47. The van der Waals surface area contributed by atoms with Crippen LogP contribution in [-0.4, -0.2) is 46.1 Å². The first-order valence-corrected chi connectivity index (χ1v) is 12.1. The monoisotopic (exact) mass is 475 g/mol. The number of aliphatic hydroxyl groups is 1. The first-order valence-electron chi connectivity index (χ1n) is 12.1. The summed E-state index contributed by atoms with van der Waals surface area (Å²) >= 11 is 0. The van der Waals surface area contributed by atoms with Gasteiger partial charge in [0, 0.05) is 5.92 Å². The van der Waals surface area contributed by atoms with Gasteiger partial charge in [0.25, 0.3) is 0 Å². The molecule has 3 rings (SSSR count). The first-order chi connectivity index (χ1) is 15.5. The topological polar surface area (TPSA) is 94.1 Å². The number of hydrogen-bond acceptors (Lipinski definition) is 6. The maximum absolute atomic E-state index is 13.9. The fourth-order valence-electron chi connectivity index (χ4n) is 5.41. The lowest BCUT2D eigenvalue weighted by Crippen LogP contribution is -2.67. The van der Waals surface area contributed by atoms with Crippen LogP contribution in [0.15, 0.2) is 30.3 Å². The summed E-state index contributed by atoms with van der Waals surface area (Å²) in [7, 11) is 0. The highest BCUT2D eigenvalue weighted by atomic mass is 16.6. The van der Waals surface area contributed by atoms with Gasteiger partial charge in [-0.1, -0.05) is 51.1 Å². The maximum atomic E-state index is 13.9. The summed E-state index contributed by atoms with van der Waals surface area (Å²) in [5, 5.41) is 14.3. The predicted octanol–water partition coefficient (Wildman–Crippen LogP) is 4.46. The van der Waals surface area contributed by atoms with Crippen molar-refractivity contribution in [3.63, 3.8) is 0 Å². The highest BCUT2D eigenvalue weighted by Gasteiger charge is 2.80. The van der Waals surface area contributed by atoms with Gasteiger partial charge in [-0.3, -0.25) is 0 Å². The standard InChI is InChI=1S/C27H41NO6/c1-24(2,3)18-17-19(18)27(22(30)33-25(4,5)6,28-23(31)34-26(7,8)9)21(20(17)29)32-15-16-13-11-10-12-14-16/h10-14,17-21,29H,15H2,1-9H3,(H,28,31)/t17-,18-,19-,20+,21+,27+/m0/s1. The average Bonchev–Trinajstić information content (AvgIpc) is 3.36. The van der Waals surface area contributed by atoms with Crippen LogP contribution >= 0.6 is 0 Å². The summed E-state index contributed by atoms with van der Waals surface area (Å²) in [4.78, 5) is 26.9. The van der Waals surface area contributed by atoms with Gasteiger partial charge in [0.05, 0.1) is 12.7 Å². The van der Waals surface area contributed by atoms with Crippen LogP contribution in [0.1, 0.15) is 67.9 Å². The summed E-state index contributed by atoms with van der Waals surface area (Å²) < 4.78 is 17.6. The molecule has 2 N–H and O–H groups in total. The SMILES string of the molecule is CC(C)(C)OC(=O)N[C@]1(C(=O)OC(C)(C)C)[C@H]2[C@@H]([C@@H](O)[C@H]1OCc1ccccc1)[C@@H]2C(C)(C)C. The second kappa shape index (κ2) is 8.83. The minimum atomic E-state index is -1.58. The third kappa shape index (κ3) is 5.41. The van der Waals surface area contributed by atoms with Gasteiger partial charge in [0.2, 0.25) is 0 Å². The summed E-state index contributed by atoms with van der Waals surface area (Å²) in [5.41, 5.74) is -2.42. The lowest BCUT2D eigenvalue weighted by atomic mass is 9.78. The van der Waals surface area contributed by atoms with Crippen molar-refractivity contribution in [1.82, 2.24) is 5.32 Å². The van der Waals surface area contributed by atoms with Crippen molar-refractivity contribution >= 4 is 12.1 Å². The van der Waals surface area contributed by atoms with Crippen LogP contribution in [0.2, 0.25) is 0 Å². The molecule has 0 unspecified atom stereocenters. The maximum Gasteiger partial charge on any atom is 0.408 e. The number of ether oxygens (including phenoxy) is 3. The number of rotatable bonds is 5. The zero-order chi connectivity index (χ0) is 25.7. The molecule has 0 saturated heterocycles. The van der Waals surface area contributed by atoms with Gasteiger partial charge in [0.15, 0.2) is 5.54 Å². The van der Waals surface area contributed by atoms with E-state index in [1.54, 1.807) is 41.5 Å². The van der Waals surface area contributed by atoms with Crippen molar-refractivity contribution in [3.8, 4) is 0 Å². The Bertz CT molecular complexity index is 894. The number of alkyl carbamates (subject to hydrolysis) is 1. The molecular weight excluding hydrogens is 434 g/mol. The Morgan fingerprint density at radius 3 is 2.00 bits per heavy atom. The zero-order valence-corrected chi connectivity index (χ0v) is 22.0. The molecule has 2 aliphatic carbocycles. The van der Waals surface area contributed by atoms with E-state index in [1.165, 1.54) is 0 Å². The molecule has 2 saturated carbocycles. The van der Waals surface area contributed by atoms with Crippen LogP contribution < -0.4 is 5.32 Å². The van der Waals surface area contributed by atoms with Crippen LogP contribution in [0.3, 0.4) is 0 Å².